The van der Waals surface area contributed by atoms with E-state index in [-0.39, 0.29) is 18.7 Å². The fourth-order valence-corrected chi connectivity index (χ4v) is 2.83. The van der Waals surface area contributed by atoms with Gasteiger partial charge in [0.1, 0.15) is 23.8 Å². The molecule has 0 atom stereocenters. The minimum Gasteiger partial charge on any atom is -0.493 e. The van der Waals surface area contributed by atoms with Crippen LogP contribution in [-0.4, -0.2) is 23.3 Å². The summed E-state index contributed by atoms with van der Waals surface area (Å²) in [5, 5.41) is 0. The molecule has 4 nitrogen and oxygen atoms in total. The van der Waals surface area contributed by atoms with Crippen LogP contribution in [0.5, 0.6) is 11.5 Å². The van der Waals surface area contributed by atoms with Crippen LogP contribution < -0.4 is 9.47 Å². The lowest BCUT2D eigenvalue weighted by molar-refractivity contribution is 0.00251. The van der Waals surface area contributed by atoms with E-state index in [2.05, 4.69) is 4.98 Å². The summed E-state index contributed by atoms with van der Waals surface area (Å²) in [7, 11) is 0. The Labute approximate surface area is 174 Å². The Morgan fingerprint density at radius 3 is 2.33 bits per heavy atom. The van der Waals surface area contributed by atoms with Crippen molar-refractivity contribution >= 4 is 5.78 Å². The molecule has 0 aliphatic rings. The third kappa shape index (κ3) is 6.37. The van der Waals surface area contributed by atoms with Gasteiger partial charge in [0.05, 0.1) is 6.61 Å². The highest BCUT2D eigenvalue weighted by atomic mass is 19.3. The fraction of sp³-hybridized carbons (Fsp3) is 0.250. The lowest BCUT2D eigenvalue weighted by atomic mass is 10.0. The van der Waals surface area contributed by atoms with E-state index in [9.17, 15) is 13.6 Å². The molecule has 0 unspecified atom stereocenters. The van der Waals surface area contributed by atoms with E-state index >= 15 is 0 Å². The molecular weight excluding hydrogens is 388 g/mol. The number of alkyl halides is 2. The molecule has 0 amide bonds. The molecule has 3 aromatic rings. The third-order valence-corrected chi connectivity index (χ3v) is 4.44. The van der Waals surface area contributed by atoms with Crippen molar-refractivity contribution in [2.24, 2.45) is 0 Å². The smallest absolute Gasteiger partial charge is 0.311 e. The Hall–Kier alpha value is -3.28. The van der Waals surface area contributed by atoms with Gasteiger partial charge in [-0.3, -0.25) is 9.78 Å². The van der Waals surface area contributed by atoms with E-state index in [0.29, 0.717) is 24.5 Å². The number of hydrogen-bond donors (Lipinski definition) is 0. The number of benzene rings is 2. The van der Waals surface area contributed by atoms with Crippen molar-refractivity contribution in [2.75, 3.05) is 6.61 Å². The predicted octanol–water partition coefficient (Wildman–Crippen LogP) is 5.73. The number of halogens is 2. The van der Waals surface area contributed by atoms with Gasteiger partial charge in [0.15, 0.2) is 0 Å². The molecule has 156 valence electrons. The minimum atomic E-state index is -3.43. The van der Waals surface area contributed by atoms with Crippen LogP contribution in [0.25, 0.3) is 0 Å². The van der Waals surface area contributed by atoms with Crippen molar-refractivity contribution in [3.8, 4) is 11.5 Å². The van der Waals surface area contributed by atoms with Crippen LogP contribution in [0.4, 0.5) is 8.78 Å². The summed E-state index contributed by atoms with van der Waals surface area (Å²) in [6.45, 7) is 0.722. The molecule has 0 radical (unpaired) electrons. The molecule has 0 bridgehead atoms. The Balaban J connectivity index is 1.40. The number of carbonyl (C=O) groups excluding carboxylic acids is 1. The van der Waals surface area contributed by atoms with Gasteiger partial charge in [0.25, 0.3) is 0 Å². The molecule has 0 saturated heterocycles. The first-order valence-corrected chi connectivity index (χ1v) is 9.78. The lowest BCUT2D eigenvalue weighted by Gasteiger charge is -2.14. The van der Waals surface area contributed by atoms with Crippen molar-refractivity contribution in [3.05, 3.63) is 90.3 Å². The average Bonchev–Trinajstić information content (AvgIpc) is 2.78. The molecule has 0 aliphatic heterocycles. The van der Waals surface area contributed by atoms with Crippen LogP contribution in [-0.2, 0) is 6.61 Å². The highest BCUT2D eigenvalue weighted by molar-refractivity contribution is 5.99. The molecule has 1 aromatic heterocycles. The zero-order valence-corrected chi connectivity index (χ0v) is 16.5. The first-order chi connectivity index (χ1) is 14.5. The molecule has 0 N–H and O–H groups in total. The second-order valence-electron chi connectivity index (χ2n) is 6.80. The van der Waals surface area contributed by atoms with E-state index in [0.717, 1.165) is 5.56 Å². The summed E-state index contributed by atoms with van der Waals surface area (Å²) in [6, 6.07) is 21.4. The van der Waals surface area contributed by atoms with E-state index in [1.165, 1.54) is 18.3 Å². The quantitative estimate of drug-likeness (QED) is 0.299. The molecular formula is C24H23F2NO3. The van der Waals surface area contributed by atoms with Gasteiger partial charge in [-0.1, -0.05) is 42.5 Å². The van der Waals surface area contributed by atoms with Crippen LogP contribution in [0, 0.1) is 0 Å². The number of hydrogen-bond acceptors (Lipinski definition) is 4. The van der Waals surface area contributed by atoms with E-state index < -0.39 is 18.1 Å². The van der Waals surface area contributed by atoms with Crippen molar-refractivity contribution in [1.82, 2.24) is 4.98 Å². The molecule has 3 rings (SSSR count). The van der Waals surface area contributed by atoms with Gasteiger partial charge in [-0.05, 0) is 42.7 Å². The Bertz CT molecular complexity index is 933. The van der Waals surface area contributed by atoms with E-state index in [1.807, 2.05) is 42.5 Å². The van der Waals surface area contributed by atoms with Gasteiger partial charge in [0, 0.05) is 18.7 Å². The number of pyridine rings is 1. The van der Waals surface area contributed by atoms with Gasteiger partial charge in [-0.15, -0.1) is 0 Å². The number of Topliss-reactive ketones (excluding diaryl/α,β-unsaturated/α-hetero) is 1. The summed E-state index contributed by atoms with van der Waals surface area (Å²) in [5.74, 6) is -3.40. The highest BCUT2D eigenvalue weighted by Crippen LogP contribution is 2.26. The number of ether oxygens (including phenoxy) is 2. The SMILES string of the molecule is O=C(c1ccccn1)C(F)(F)CCCCOc1cccc(OCc2ccccc2)c1. The first kappa shape index (κ1) is 21.4. The van der Waals surface area contributed by atoms with E-state index in [4.69, 9.17) is 9.47 Å². The maximum atomic E-state index is 14.1. The summed E-state index contributed by atoms with van der Waals surface area (Å²) in [5.41, 5.74) is 0.844. The molecule has 2 aromatic carbocycles. The summed E-state index contributed by atoms with van der Waals surface area (Å²) in [6.07, 6.45) is 1.36. The standard InChI is InChI=1S/C24H23F2NO3/c25-24(26,23(28)22-13-4-6-15-27-22)14-5-7-16-29-20-11-8-12-21(17-20)30-18-19-9-2-1-3-10-19/h1-4,6,8-13,15,17H,5,7,14,16,18H2. The predicted molar refractivity (Wildman–Crippen MR) is 110 cm³/mol. The number of rotatable bonds is 11. The Morgan fingerprint density at radius 2 is 1.60 bits per heavy atom. The number of unbranched alkanes of at least 4 members (excludes halogenated alkanes) is 1. The van der Waals surface area contributed by atoms with Crippen LogP contribution in [0.15, 0.2) is 79.0 Å². The van der Waals surface area contributed by atoms with Crippen molar-refractivity contribution in [1.29, 1.82) is 0 Å². The van der Waals surface area contributed by atoms with Crippen LogP contribution in [0.1, 0.15) is 35.3 Å². The molecule has 1 heterocycles. The largest absolute Gasteiger partial charge is 0.493 e. The van der Waals surface area contributed by atoms with Gasteiger partial charge in [-0.25, -0.2) is 0 Å². The van der Waals surface area contributed by atoms with E-state index in [1.54, 1.807) is 18.2 Å². The summed E-state index contributed by atoms with van der Waals surface area (Å²) >= 11 is 0. The molecule has 0 saturated carbocycles. The van der Waals surface area contributed by atoms with Gasteiger partial charge in [0.2, 0.25) is 5.78 Å². The number of nitrogens with zero attached hydrogens (tertiary/aromatic N) is 1. The van der Waals surface area contributed by atoms with Crippen molar-refractivity contribution in [3.63, 3.8) is 0 Å². The zero-order valence-electron chi connectivity index (χ0n) is 16.5. The molecule has 6 heteroatoms. The number of ketones is 1. The second-order valence-corrected chi connectivity index (χ2v) is 6.80. The number of carbonyl (C=O) groups is 1. The Kier molecular flexibility index (Phi) is 7.49. The average molecular weight is 411 g/mol. The maximum Gasteiger partial charge on any atom is 0.311 e. The molecule has 0 spiro atoms. The highest BCUT2D eigenvalue weighted by Gasteiger charge is 2.39. The van der Waals surface area contributed by atoms with Gasteiger partial charge >= 0.3 is 5.92 Å². The minimum absolute atomic E-state index is 0.162. The zero-order chi connectivity index (χ0) is 21.2. The first-order valence-electron chi connectivity index (χ1n) is 9.78. The Morgan fingerprint density at radius 1 is 0.867 bits per heavy atom. The number of aromatic nitrogens is 1. The van der Waals surface area contributed by atoms with Crippen LogP contribution in [0.2, 0.25) is 0 Å². The molecule has 0 aliphatic carbocycles. The van der Waals surface area contributed by atoms with Crippen LogP contribution in [0.3, 0.4) is 0 Å². The lowest BCUT2D eigenvalue weighted by Crippen LogP contribution is -2.29. The van der Waals surface area contributed by atoms with Crippen LogP contribution >= 0.6 is 0 Å². The molecule has 0 fully saturated rings. The van der Waals surface area contributed by atoms with Crippen molar-refractivity contribution in [2.45, 2.75) is 31.8 Å². The van der Waals surface area contributed by atoms with Gasteiger partial charge < -0.3 is 9.47 Å². The van der Waals surface area contributed by atoms with Crippen molar-refractivity contribution < 1.29 is 23.0 Å². The third-order valence-electron chi connectivity index (χ3n) is 4.44. The maximum absolute atomic E-state index is 14.1. The normalized spacial score (nSPS) is 11.1. The summed E-state index contributed by atoms with van der Waals surface area (Å²) < 4.78 is 39.6. The second kappa shape index (κ2) is 10.5. The summed E-state index contributed by atoms with van der Waals surface area (Å²) in [4.78, 5) is 15.6. The van der Waals surface area contributed by atoms with Gasteiger partial charge in [-0.2, -0.15) is 8.78 Å². The fourth-order valence-electron chi connectivity index (χ4n) is 2.83. The monoisotopic (exact) mass is 411 g/mol. The topological polar surface area (TPSA) is 48.4 Å². The molecule has 30 heavy (non-hydrogen) atoms.